The van der Waals surface area contributed by atoms with E-state index in [4.69, 9.17) is 10.5 Å². The molecule has 3 rings (SSSR count). The lowest BCUT2D eigenvalue weighted by atomic mass is 10.2. The predicted octanol–water partition coefficient (Wildman–Crippen LogP) is -0.516. The molecule has 2 atom stereocenters. The number of anilines is 1. The minimum Gasteiger partial charge on any atom is -0.368 e. The van der Waals surface area contributed by atoms with Crippen molar-refractivity contribution in [1.29, 1.82) is 0 Å². The maximum atomic E-state index is 12.3. The highest BCUT2D eigenvalue weighted by molar-refractivity contribution is 5.88. The first-order chi connectivity index (χ1) is 12.5. The van der Waals surface area contributed by atoms with Crippen molar-refractivity contribution in [3.63, 3.8) is 0 Å². The quantitative estimate of drug-likeness (QED) is 0.735. The van der Waals surface area contributed by atoms with Gasteiger partial charge in [0.05, 0.1) is 6.54 Å². The summed E-state index contributed by atoms with van der Waals surface area (Å²) in [6, 6.07) is 10.1. The molecule has 1 aromatic rings. The van der Waals surface area contributed by atoms with Crippen LogP contribution in [0, 0.1) is 0 Å². The van der Waals surface area contributed by atoms with Crippen molar-refractivity contribution in [2.45, 2.75) is 25.0 Å². The molecular weight excluding hydrogens is 336 g/mol. The molecule has 2 aliphatic rings. The molecule has 3 amide bonds. The van der Waals surface area contributed by atoms with Crippen LogP contribution in [0.5, 0.6) is 0 Å². The van der Waals surface area contributed by atoms with E-state index in [9.17, 15) is 14.4 Å². The van der Waals surface area contributed by atoms with Crippen molar-refractivity contribution in [1.82, 2.24) is 10.2 Å². The average Bonchev–Trinajstić information content (AvgIpc) is 3.17. The number of rotatable bonds is 5. The molecule has 0 unspecified atom stereocenters. The fraction of sp³-hybridized carbons (Fsp3) is 0.500. The highest BCUT2D eigenvalue weighted by Crippen LogP contribution is 2.19. The maximum absolute atomic E-state index is 12.3. The highest BCUT2D eigenvalue weighted by Gasteiger charge is 2.34. The smallest absolute Gasteiger partial charge is 0.249 e. The number of nitrogens with one attached hydrogen (secondary N) is 1. The molecule has 140 valence electrons. The summed E-state index contributed by atoms with van der Waals surface area (Å²) < 4.78 is 5.31. The van der Waals surface area contributed by atoms with Gasteiger partial charge in [0.15, 0.2) is 0 Å². The van der Waals surface area contributed by atoms with Crippen LogP contribution < -0.4 is 16.0 Å². The number of carbonyl (C=O) groups is 3. The minimum absolute atomic E-state index is 0.0642. The van der Waals surface area contributed by atoms with Gasteiger partial charge in [0.1, 0.15) is 12.2 Å². The third kappa shape index (κ3) is 4.32. The SMILES string of the molecule is NC(=O)[C@@H]1CC[C@@H](C(=O)NCC(=O)N2CCN(c3ccccc3)CC2)O1. The van der Waals surface area contributed by atoms with E-state index in [2.05, 4.69) is 22.3 Å². The van der Waals surface area contributed by atoms with Crippen LogP contribution >= 0.6 is 0 Å². The Labute approximate surface area is 152 Å². The third-order valence-corrected chi connectivity index (χ3v) is 4.80. The monoisotopic (exact) mass is 360 g/mol. The second-order valence-electron chi connectivity index (χ2n) is 6.51. The summed E-state index contributed by atoms with van der Waals surface area (Å²) in [5.74, 6) is -1.05. The van der Waals surface area contributed by atoms with Gasteiger partial charge in [-0.3, -0.25) is 14.4 Å². The molecule has 0 aliphatic carbocycles. The molecule has 2 heterocycles. The molecule has 0 saturated carbocycles. The molecule has 26 heavy (non-hydrogen) atoms. The van der Waals surface area contributed by atoms with Crippen LogP contribution in [0.25, 0.3) is 0 Å². The molecule has 0 radical (unpaired) electrons. The van der Waals surface area contributed by atoms with E-state index in [1.807, 2.05) is 18.2 Å². The fourth-order valence-electron chi connectivity index (χ4n) is 3.28. The van der Waals surface area contributed by atoms with E-state index in [0.717, 1.165) is 18.8 Å². The van der Waals surface area contributed by atoms with E-state index >= 15 is 0 Å². The van der Waals surface area contributed by atoms with Crippen LogP contribution in [0.15, 0.2) is 30.3 Å². The summed E-state index contributed by atoms with van der Waals surface area (Å²) in [7, 11) is 0. The zero-order chi connectivity index (χ0) is 18.5. The van der Waals surface area contributed by atoms with Gasteiger partial charge >= 0.3 is 0 Å². The Balaban J connectivity index is 1.41. The van der Waals surface area contributed by atoms with Crippen LogP contribution in [-0.4, -0.2) is 67.6 Å². The van der Waals surface area contributed by atoms with Crippen molar-refractivity contribution in [2.24, 2.45) is 5.73 Å². The number of nitrogens with two attached hydrogens (primary N) is 1. The minimum atomic E-state index is -0.715. The van der Waals surface area contributed by atoms with Gasteiger partial charge in [-0.1, -0.05) is 18.2 Å². The second-order valence-corrected chi connectivity index (χ2v) is 6.51. The zero-order valence-electron chi connectivity index (χ0n) is 14.6. The Kier molecular flexibility index (Phi) is 5.72. The lowest BCUT2D eigenvalue weighted by molar-refractivity contribution is -0.140. The van der Waals surface area contributed by atoms with Crippen molar-refractivity contribution in [3.8, 4) is 0 Å². The maximum Gasteiger partial charge on any atom is 0.249 e. The van der Waals surface area contributed by atoms with E-state index in [-0.39, 0.29) is 18.4 Å². The Morgan fingerprint density at radius 1 is 1.04 bits per heavy atom. The van der Waals surface area contributed by atoms with E-state index in [1.165, 1.54) is 0 Å². The number of primary amides is 1. The summed E-state index contributed by atoms with van der Waals surface area (Å²) in [5.41, 5.74) is 6.32. The van der Waals surface area contributed by atoms with Crippen LogP contribution in [0.1, 0.15) is 12.8 Å². The summed E-state index contributed by atoms with van der Waals surface area (Å²) >= 11 is 0. The molecule has 0 spiro atoms. The highest BCUT2D eigenvalue weighted by atomic mass is 16.5. The van der Waals surface area contributed by atoms with Gasteiger partial charge in [0, 0.05) is 31.9 Å². The van der Waals surface area contributed by atoms with Crippen molar-refractivity contribution in [2.75, 3.05) is 37.6 Å². The Morgan fingerprint density at radius 3 is 2.31 bits per heavy atom. The average molecular weight is 360 g/mol. The normalized spacial score (nSPS) is 22.9. The van der Waals surface area contributed by atoms with Gasteiger partial charge in [-0.05, 0) is 25.0 Å². The van der Waals surface area contributed by atoms with Gasteiger partial charge in [-0.25, -0.2) is 0 Å². The molecule has 2 aliphatic heterocycles. The van der Waals surface area contributed by atoms with E-state index in [0.29, 0.717) is 25.9 Å². The first-order valence-electron chi connectivity index (χ1n) is 8.85. The number of carbonyl (C=O) groups excluding carboxylic acids is 3. The second kappa shape index (κ2) is 8.18. The number of benzene rings is 1. The number of nitrogens with zero attached hydrogens (tertiary/aromatic N) is 2. The summed E-state index contributed by atoms with van der Waals surface area (Å²) in [4.78, 5) is 39.4. The molecule has 0 bridgehead atoms. The van der Waals surface area contributed by atoms with Crippen LogP contribution in [-0.2, 0) is 19.1 Å². The lowest BCUT2D eigenvalue weighted by Crippen LogP contribution is -2.52. The molecule has 8 heteroatoms. The molecular formula is C18H24N4O4. The van der Waals surface area contributed by atoms with Crippen molar-refractivity contribution >= 4 is 23.4 Å². The zero-order valence-corrected chi connectivity index (χ0v) is 14.6. The predicted molar refractivity (Wildman–Crippen MR) is 95.3 cm³/mol. The Morgan fingerprint density at radius 2 is 1.69 bits per heavy atom. The van der Waals surface area contributed by atoms with Gasteiger partial charge in [0.2, 0.25) is 17.7 Å². The largest absolute Gasteiger partial charge is 0.368 e. The Bertz CT molecular complexity index is 658. The van der Waals surface area contributed by atoms with Crippen molar-refractivity contribution < 1.29 is 19.1 Å². The number of piperazine rings is 1. The molecule has 8 nitrogen and oxygen atoms in total. The van der Waals surface area contributed by atoms with Gasteiger partial charge < -0.3 is 25.6 Å². The summed E-state index contributed by atoms with van der Waals surface area (Å²) in [6.07, 6.45) is -0.561. The number of hydrogen-bond donors (Lipinski definition) is 2. The number of para-hydroxylation sites is 1. The first kappa shape index (κ1) is 18.2. The summed E-state index contributed by atoms with van der Waals surface area (Å²) in [5, 5.41) is 2.60. The topological polar surface area (TPSA) is 105 Å². The molecule has 2 saturated heterocycles. The van der Waals surface area contributed by atoms with Crippen LogP contribution in [0.2, 0.25) is 0 Å². The van der Waals surface area contributed by atoms with Crippen molar-refractivity contribution in [3.05, 3.63) is 30.3 Å². The first-order valence-corrected chi connectivity index (χ1v) is 8.85. The third-order valence-electron chi connectivity index (χ3n) is 4.80. The van der Waals surface area contributed by atoms with Gasteiger partial charge in [-0.2, -0.15) is 0 Å². The lowest BCUT2D eigenvalue weighted by Gasteiger charge is -2.36. The molecule has 2 fully saturated rings. The molecule has 1 aromatic carbocycles. The molecule has 0 aromatic heterocycles. The van der Waals surface area contributed by atoms with Gasteiger partial charge in [0.25, 0.3) is 0 Å². The van der Waals surface area contributed by atoms with Gasteiger partial charge in [-0.15, -0.1) is 0 Å². The Hall–Kier alpha value is -2.61. The molecule has 3 N–H and O–H groups in total. The number of hydrogen-bond acceptors (Lipinski definition) is 5. The standard InChI is InChI=1S/C18H24N4O4/c19-17(24)14-6-7-15(26-14)18(25)20-12-16(23)22-10-8-21(9-11-22)13-4-2-1-3-5-13/h1-5,14-15H,6-12H2,(H2,19,24)(H,20,25)/t14-,15-/m0/s1. The van der Waals surface area contributed by atoms with E-state index in [1.54, 1.807) is 4.90 Å². The van der Waals surface area contributed by atoms with E-state index < -0.39 is 18.1 Å². The van der Waals surface area contributed by atoms with Crippen LogP contribution in [0.4, 0.5) is 5.69 Å². The summed E-state index contributed by atoms with van der Waals surface area (Å²) in [6.45, 7) is 2.69. The van der Waals surface area contributed by atoms with Crippen LogP contribution in [0.3, 0.4) is 0 Å². The number of amides is 3. The number of ether oxygens (including phenoxy) is 1. The fourth-order valence-corrected chi connectivity index (χ4v) is 3.28.